The molecule has 3 nitrogen and oxygen atoms in total. The van der Waals surface area contributed by atoms with E-state index in [0.29, 0.717) is 5.01 Å². The Labute approximate surface area is 116 Å². The Morgan fingerprint density at radius 1 is 1.37 bits per heavy atom. The zero-order valence-electron chi connectivity index (χ0n) is 10.2. The number of aromatic nitrogens is 1. The predicted octanol–water partition coefficient (Wildman–Crippen LogP) is 3.55. The van der Waals surface area contributed by atoms with Gasteiger partial charge in [0.15, 0.2) is 17.4 Å². The number of nitrogens with zero attached hydrogens (tertiary/aromatic N) is 2. The summed E-state index contributed by atoms with van der Waals surface area (Å²) in [5.74, 6) is -2.07. The molecule has 0 saturated carbocycles. The standard InChI is InChI=1S/C12H10F2N2OS2/c1-12(2)4-18-11(16-12)10-15-6-3-5(13)8(17)7(14)9(6)19-10/h3,17H,4H2,1-2H3. The lowest BCUT2D eigenvalue weighted by atomic mass is 10.1. The monoisotopic (exact) mass is 300 g/mol. The number of thioether (sulfide) groups is 1. The number of hydrogen-bond acceptors (Lipinski definition) is 5. The van der Waals surface area contributed by atoms with Crippen LogP contribution < -0.4 is 0 Å². The number of phenols is 1. The van der Waals surface area contributed by atoms with Gasteiger partial charge >= 0.3 is 0 Å². The topological polar surface area (TPSA) is 45.5 Å². The highest BCUT2D eigenvalue weighted by molar-refractivity contribution is 8.15. The maximum Gasteiger partial charge on any atom is 0.189 e. The summed E-state index contributed by atoms with van der Waals surface area (Å²) in [6, 6.07) is 1.04. The highest BCUT2D eigenvalue weighted by atomic mass is 32.2. The summed E-state index contributed by atoms with van der Waals surface area (Å²) in [6.07, 6.45) is 0. The third-order valence-electron chi connectivity index (χ3n) is 2.70. The van der Waals surface area contributed by atoms with E-state index in [0.717, 1.165) is 28.2 Å². The maximum atomic E-state index is 13.7. The van der Waals surface area contributed by atoms with E-state index < -0.39 is 17.4 Å². The first-order valence-corrected chi connectivity index (χ1v) is 7.38. The van der Waals surface area contributed by atoms with E-state index in [1.54, 1.807) is 11.8 Å². The van der Waals surface area contributed by atoms with Gasteiger partial charge in [-0.1, -0.05) is 0 Å². The second-order valence-corrected chi connectivity index (χ2v) is 6.87. The lowest BCUT2D eigenvalue weighted by Gasteiger charge is -2.09. The molecule has 0 fully saturated rings. The van der Waals surface area contributed by atoms with E-state index in [1.165, 1.54) is 0 Å². The molecular weight excluding hydrogens is 290 g/mol. The van der Waals surface area contributed by atoms with Crippen molar-refractivity contribution in [3.05, 3.63) is 22.7 Å². The van der Waals surface area contributed by atoms with Crippen LogP contribution in [0.2, 0.25) is 0 Å². The average Bonchev–Trinajstić information content (AvgIpc) is 2.89. The number of phenolic OH excluding ortho intramolecular Hbond substituents is 1. The molecule has 1 N–H and O–H groups in total. The first kappa shape index (κ1) is 12.8. The first-order chi connectivity index (χ1) is 8.87. The number of aliphatic imine (C=N–C) groups is 1. The molecule has 7 heteroatoms. The van der Waals surface area contributed by atoms with Gasteiger partial charge in [0.1, 0.15) is 10.1 Å². The Morgan fingerprint density at radius 3 is 2.74 bits per heavy atom. The fourth-order valence-corrected chi connectivity index (χ4v) is 3.98. The lowest BCUT2D eigenvalue weighted by molar-refractivity contribution is 0.400. The summed E-state index contributed by atoms with van der Waals surface area (Å²) in [5, 5.41) is 10.6. The van der Waals surface area contributed by atoms with Gasteiger partial charge in [0.25, 0.3) is 0 Å². The Morgan fingerprint density at radius 2 is 2.11 bits per heavy atom. The van der Waals surface area contributed by atoms with Crippen LogP contribution >= 0.6 is 23.1 Å². The summed E-state index contributed by atoms with van der Waals surface area (Å²) in [6.45, 7) is 4.01. The molecule has 2 heterocycles. The van der Waals surface area contributed by atoms with Crippen LogP contribution in [0, 0.1) is 11.6 Å². The number of hydrogen-bond donors (Lipinski definition) is 1. The van der Waals surface area contributed by atoms with E-state index in [1.807, 2.05) is 13.8 Å². The van der Waals surface area contributed by atoms with E-state index in [2.05, 4.69) is 9.98 Å². The zero-order chi connectivity index (χ0) is 13.8. The molecule has 19 heavy (non-hydrogen) atoms. The summed E-state index contributed by atoms with van der Waals surface area (Å²) in [7, 11) is 0. The minimum atomic E-state index is -0.997. The van der Waals surface area contributed by atoms with Crippen molar-refractivity contribution in [2.75, 3.05) is 5.75 Å². The van der Waals surface area contributed by atoms with Gasteiger partial charge in [-0.25, -0.2) is 13.8 Å². The molecule has 0 unspecified atom stereocenters. The maximum absolute atomic E-state index is 13.7. The normalized spacial score (nSPS) is 18.0. The molecule has 1 aliphatic heterocycles. The molecule has 100 valence electrons. The van der Waals surface area contributed by atoms with Crippen molar-refractivity contribution in [2.45, 2.75) is 19.4 Å². The third kappa shape index (κ3) is 2.10. The average molecular weight is 300 g/mol. The van der Waals surface area contributed by atoms with Crippen molar-refractivity contribution in [1.82, 2.24) is 4.98 Å². The van der Waals surface area contributed by atoms with Crippen molar-refractivity contribution in [1.29, 1.82) is 0 Å². The van der Waals surface area contributed by atoms with Crippen molar-refractivity contribution >= 4 is 38.4 Å². The van der Waals surface area contributed by atoms with Crippen molar-refractivity contribution in [3.8, 4) is 5.75 Å². The highest BCUT2D eigenvalue weighted by Crippen LogP contribution is 2.36. The summed E-state index contributed by atoms with van der Waals surface area (Å²) >= 11 is 2.63. The number of rotatable bonds is 1. The molecule has 0 aliphatic carbocycles. The van der Waals surface area contributed by atoms with Crippen LogP contribution in [0.15, 0.2) is 11.1 Å². The molecule has 1 aromatic heterocycles. The second-order valence-electron chi connectivity index (χ2n) is 4.91. The van der Waals surface area contributed by atoms with Crippen LogP contribution in [0.5, 0.6) is 5.75 Å². The van der Waals surface area contributed by atoms with E-state index in [4.69, 9.17) is 0 Å². The second kappa shape index (κ2) is 4.14. The SMILES string of the molecule is CC1(C)CSC(c2nc3cc(F)c(O)c(F)c3s2)=N1. The minimum Gasteiger partial charge on any atom is -0.503 e. The lowest BCUT2D eigenvalue weighted by Crippen LogP contribution is -2.15. The van der Waals surface area contributed by atoms with E-state index in [-0.39, 0.29) is 15.8 Å². The van der Waals surface area contributed by atoms with Gasteiger partial charge in [-0.15, -0.1) is 23.1 Å². The van der Waals surface area contributed by atoms with Crippen LogP contribution in [0.25, 0.3) is 10.2 Å². The van der Waals surface area contributed by atoms with Gasteiger partial charge in [0.05, 0.1) is 15.8 Å². The van der Waals surface area contributed by atoms with Crippen molar-refractivity contribution in [2.24, 2.45) is 4.99 Å². The van der Waals surface area contributed by atoms with Gasteiger partial charge in [-0.3, -0.25) is 4.99 Å². The Balaban J connectivity index is 2.16. The first-order valence-electron chi connectivity index (χ1n) is 5.58. The largest absolute Gasteiger partial charge is 0.503 e. The van der Waals surface area contributed by atoms with Crippen LogP contribution in [-0.2, 0) is 0 Å². The van der Waals surface area contributed by atoms with Gasteiger partial charge in [0.2, 0.25) is 0 Å². The number of benzene rings is 1. The number of halogens is 2. The van der Waals surface area contributed by atoms with Crippen LogP contribution in [0.3, 0.4) is 0 Å². The van der Waals surface area contributed by atoms with E-state index in [9.17, 15) is 13.9 Å². The van der Waals surface area contributed by atoms with Crippen molar-refractivity contribution < 1.29 is 13.9 Å². The smallest absolute Gasteiger partial charge is 0.189 e. The molecule has 0 atom stereocenters. The minimum absolute atomic E-state index is 0.155. The number of thiazole rings is 1. The zero-order valence-corrected chi connectivity index (χ0v) is 11.8. The van der Waals surface area contributed by atoms with Gasteiger partial charge in [-0.2, -0.15) is 0 Å². The quantitative estimate of drug-likeness (QED) is 0.876. The Kier molecular flexibility index (Phi) is 2.79. The molecular formula is C12H10F2N2OS2. The molecule has 0 amide bonds. The summed E-state index contributed by atoms with van der Waals surface area (Å²) in [4.78, 5) is 8.71. The molecule has 0 saturated heterocycles. The fourth-order valence-electron chi connectivity index (χ4n) is 1.77. The van der Waals surface area contributed by atoms with E-state index >= 15 is 0 Å². The summed E-state index contributed by atoms with van der Waals surface area (Å²) < 4.78 is 27.2. The van der Waals surface area contributed by atoms with Gasteiger partial charge < -0.3 is 5.11 Å². The van der Waals surface area contributed by atoms with Crippen LogP contribution in [0.4, 0.5) is 8.78 Å². The van der Waals surface area contributed by atoms with Gasteiger partial charge in [0, 0.05) is 11.8 Å². The fraction of sp³-hybridized carbons (Fsp3) is 0.333. The number of aromatic hydroxyl groups is 1. The van der Waals surface area contributed by atoms with Crippen LogP contribution in [0.1, 0.15) is 18.9 Å². The van der Waals surface area contributed by atoms with Crippen LogP contribution in [-0.4, -0.2) is 26.4 Å². The van der Waals surface area contributed by atoms with Crippen molar-refractivity contribution in [3.63, 3.8) is 0 Å². The molecule has 1 aromatic carbocycles. The van der Waals surface area contributed by atoms with Gasteiger partial charge in [-0.05, 0) is 13.8 Å². The molecule has 0 bridgehead atoms. The Bertz CT molecular complexity index is 709. The molecule has 0 spiro atoms. The Hall–Kier alpha value is -1.21. The molecule has 1 aliphatic rings. The third-order valence-corrected chi connectivity index (χ3v) is 5.31. The molecule has 0 radical (unpaired) electrons. The highest BCUT2D eigenvalue weighted by Gasteiger charge is 2.28. The number of fused-ring (bicyclic) bond motifs is 1. The predicted molar refractivity (Wildman–Crippen MR) is 74.3 cm³/mol. The molecule has 2 aromatic rings. The molecule has 3 rings (SSSR count). The summed E-state index contributed by atoms with van der Waals surface area (Å²) in [5.41, 5.74) is 0.0462.